The Morgan fingerprint density at radius 2 is 1.90 bits per heavy atom. The minimum Gasteiger partial charge on any atom is -0.384 e. The average molecular weight is 594 g/mol. The number of methoxy groups -OCH3 is 1. The predicted octanol–water partition coefficient (Wildman–Crippen LogP) is 3.90. The van der Waals surface area contributed by atoms with Crippen molar-refractivity contribution < 1.29 is 32.2 Å². The molecule has 3 saturated heterocycles. The van der Waals surface area contributed by atoms with Crippen LogP contribution in [0.3, 0.4) is 0 Å². The van der Waals surface area contributed by atoms with Crippen LogP contribution in [0.1, 0.15) is 55.8 Å². The second-order valence-corrected chi connectivity index (χ2v) is 10.9. The zero-order valence-electron chi connectivity index (χ0n) is 24.4. The van der Waals surface area contributed by atoms with E-state index in [4.69, 9.17) is 14.2 Å². The van der Waals surface area contributed by atoms with Crippen molar-refractivity contribution >= 4 is 18.5 Å². The van der Waals surface area contributed by atoms with Crippen molar-refractivity contribution in [2.45, 2.75) is 75.1 Å². The summed E-state index contributed by atoms with van der Waals surface area (Å²) < 4.78 is 56.0. The fourth-order valence-electron chi connectivity index (χ4n) is 5.73. The van der Waals surface area contributed by atoms with Gasteiger partial charge >= 0.3 is 6.18 Å². The molecule has 2 N–H and O–H groups in total. The summed E-state index contributed by atoms with van der Waals surface area (Å²) in [5.74, 6) is 0.194. The molecule has 0 radical (unpaired) electrons. The van der Waals surface area contributed by atoms with E-state index < -0.39 is 11.7 Å². The van der Waals surface area contributed by atoms with Gasteiger partial charge in [-0.05, 0) is 62.9 Å². The quantitative estimate of drug-likeness (QED) is 0.256. The summed E-state index contributed by atoms with van der Waals surface area (Å²) in [6.45, 7) is 6.49. The highest BCUT2D eigenvalue weighted by atomic mass is 19.4. The SMILES string of the molecule is C=NC(C=C(NC)C(=O)N1CCC(N[C@H]2CCOC[C@H]2OC)CC1)=NC[C@H]1CCC[C@@H](c2ccc(C(F)(F)F)cc2)O1. The molecular formula is C30H42F3N5O4. The number of rotatable bonds is 9. The molecule has 0 saturated carbocycles. The molecule has 0 aliphatic carbocycles. The minimum absolute atomic E-state index is 0.0380. The van der Waals surface area contributed by atoms with E-state index in [-0.39, 0.29) is 30.3 Å². The third kappa shape index (κ3) is 8.62. The van der Waals surface area contributed by atoms with E-state index in [1.807, 2.05) is 4.90 Å². The van der Waals surface area contributed by atoms with Gasteiger partial charge in [0.15, 0.2) is 0 Å². The van der Waals surface area contributed by atoms with Gasteiger partial charge in [0.1, 0.15) is 11.5 Å². The number of likely N-dealkylation sites (tertiary alicyclic amines) is 1. The van der Waals surface area contributed by atoms with Crippen LogP contribution in [0.15, 0.2) is 46.0 Å². The number of carbonyl (C=O) groups excluding carboxylic acids is 1. The number of hydrogen-bond acceptors (Lipinski definition) is 7. The van der Waals surface area contributed by atoms with E-state index in [9.17, 15) is 18.0 Å². The first-order chi connectivity index (χ1) is 20.2. The normalized spacial score (nSPS) is 26.6. The number of hydrogen-bond donors (Lipinski definition) is 2. The van der Waals surface area contributed by atoms with E-state index in [1.165, 1.54) is 12.1 Å². The van der Waals surface area contributed by atoms with Crippen LogP contribution in [0.2, 0.25) is 0 Å². The number of amidine groups is 1. The lowest BCUT2D eigenvalue weighted by Gasteiger charge is -2.38. The molecule has 9 nitrogen and oxygen atoms in total. The highest BCUT2D eigenvalue weighted by Gasteiger charge is 2.32. The number of halogens is 3. The van der Waals surface area contributed by atoms with E-state index in [0.717, 1.165) is 57.3 Å². The van der Waals surface area contributed by atoms with E-state index in [1.54, 1.807) is 20.2 Å². The van der Waals surface area contributed by atoms with Crippen LogP contribution >= 0.6 is 0 Å². The molecule has 1 aromatic rings. The summed E-state index contributed by atoms with van der Waals surface area (Å²) in [4.78, 5) is 23.7. The van der Waals surface area contributed by atoms with Crippen LogP contribution in [0.5, 0.6) is 0 Å². The van der Waals surface area contributed by atoms with E-state index in [0.29, 0.717) is 49.4 Å². The summed E-state index contributed by atoms with van der Waals surface area (Å²) in [7, 11) is 3.40. The monoisotopic (exact) mass is 593 g/mol. The number of benzene rings is 1. The van der Waals surface area contributed by atoms with Crippen LogP contribution in [0.4, 0.5) is 13.2 Å². The van der Waals surface area contributed by atoms with Crippen molar-refractivity contribution in [2.24, 2.45) is 9.98 Å². The standard InChI is InChI=1S/C30H42F3N5O4/c1-34-25(29(39)38-14-11-22(12-15-38)37-24-13-16-41-19-27(24)40-3)17-28(35-2)36-18-23-5-4-6-26(42-23)20-7-9-21(10-8-20)30(31,32)33/h7-10,17,22-24,26-27,34,37H,2,4-6,11-16,18-19H2,1,3H3/t23-,24+,26+,27-/m1/s1. The Kier molecular flexibility index (Phi) is 11.5. The molecule has 42 heavy (non-hydrogen) atoms. The third-order valence-electron chi connectivity index (χ3n) is 8.19. The lowest BCUT2D eigenvalue weighted by molar-refractivity contribution is -0.137. The molecule has 12 heteroatoms. The Bertz CT molecular complexity index is 1100. The van der Waals surface area contributed by atoms with Gasteiger partial charge in [-0.15, -0.1) is 0 Å². The highest BCUT2D eigenvalue weighted by molar-refractivity contribution is 6.04. The Labute approximate surface area is 245 Å². The number of likely N-dealkylation sites (N-methyl/N-ethyl adjacent to an activating group) is 1. The second-order valence-electron chi connectivity index (χ2n) is 10.9. The van der Waals surface area contributed by atoms with E-state index >= 15 is 0 Å². The number of carbonyl (C=O) groups is 1. The van der Waals surface area contributed by atoms with Gasteiger partial charge in [0, 0.05) is 52.0 Å². The van der Waals surface area contributed by atoms with Crippen molar-refractivity contribution in [3.05, 3.63) is 47.2 Å². The molecule has 0 aromatic heterocycles. The van der Waals surface area contributed by atoms with Crippen molar-refractivity contribution in [3.8, 4) is 0 Å². The summed E-state index contributed by atoms with van der Waals surface area (Å²) in [5.41, 5.74) is 0.415. The molecule has 4 atom stereocenters. The van der Waals surface area contributed by atoms with Crippen LogP contribution < -0.4 is 10.6 Å². The number of ether oxygens (including phenoxy) is 3. The lowest BCUT2D eigenvalue weighted by Crippen LogP contribution is -2.54. The number of alkyl halides is 3. The molecule has 3 fully saturated rings. The molecule has 1 amide bonds. The van der Waals surface area contributed by atoms with Gasteiger partial charge in [-0.2, -0.15) is 13.2 Å². The number of aliphatic imine (C=N–C) groups is 2. The first-order valence-corrected chi connectivity index (χ1v) is 14.6. The third-order valence-corrected chi connectivity index (χ3v) is 8.19. The largest absolute Gasteiger partial charge is 0.416 e. The van der Waals surface area contributed by atoms with Gasteiger partial charge in [-0.25, -0.2) is 4.99 Å². The van der Waals surface area contributed by atoms with Crippen LogP contribution in [0, 0.1) is 0 Å². The molecule has 3 aliphatic rings. The Hall–Kier alpha value is -2.80. The lowest BCUT2D eigenvalue weighted by atomic mass is 9.97. The molecule has 1 aromatic carbocycles. The number of nitrogens with zero attached hydrogens (tertiary/aromatic N) is 3. The van der Waals surface area contributed by atoms with Crippen molar-refractivity contribution in [2.75, 3.05) is 47.0 Å². The number of amides is 1. The first kappa shape index (κ1) is 32.1. The fourth-order valence-corrected chi connectivity index (χ4v) is 5.73. The molecule has 0 unspecified atom stereocenters. The van der Waals surface area contributed by atoms with Crippen LogP contribution in [-0.4, -0.2) is 94.7 Å². The summed E-state index contributed by atoms with van der Waals surface area (Å²) >= 11 is 0. The summed E-state index contributed by atoms with van der Waals surface area (Å²) in [6, 6.07) is 5.68. The second kappa shape index (κ2) is 15.1. The highest BCUT2D eigenvalue weighted by Crippen LogP contribution is 2.34. The molecule has 4 rings (SSSR count). The van der Waals surface area contributed by atoms with Crippen molar-refractivity contribution in [1.29, 1.82) is 0 Å². The van der Waals surface area contributed by atoms with Crippen LogP contribution in [-0.2, 0) is 25.2 Å². The average Bonchev–Trinajstić information content (AvgIpc) is 3.01. The van der Waals surface area contributed by atoms with Crippen molar-refractivity contribution in [3.63, 3.8) is 0 Å². The molecule has 3 heterocycles. The van der Waals surface area contributed by atoms with Gasteiger partial charge in [0.2, 0.25) is 0 Å². The molecule has 3 aliphatic heterocycles. The molecule has 232 valence electrons. The number of nitrogens with one attached hydrogen (secondary N) is 2. The molecular weight excluding hydrogens is 551 g/mol. The van der Waals surface area contributed by atoms with Crippen molar-refractivity contribution in [1.82, 2.24) is 15.5 Å². The predicted molar refractivity (Wildman–Crippen MR) is 155 cm³/mol. The maximum absolute atomic E-state index is 13.3. The summed E-state index contributed by atoms with van der Waals surface area (Å²) in [5, 5.41) is 6.68. The van der Waals surface area contributed by atoms with Gasteiger partial charge in [-0.1, -0.05) is 12.1 Å². The molecule has 0 spiro atoms. The van der Waals surface area contributed by atoms with Crippen LogP contribution in [0.25, 0.3) is 0 Å². The maximum Gasteiger partial charge on any atom is 0.416 e. The minimum atomic E-state index is -4.37. The maximum atomic E-state index is 13.3. The van der Waals surface area contributed by atoms with Gasteiger partial charge in [0.05, 0.1) is 37.0 Å². The first-order valence-electron chi connectivity index (χ1n) is 14.6. The van der Waals surface area contributed by atoms with Gasteiger partial charge in [-0.3, -0.25) is 9.79 Å². The zero-order valence-corrected chi connectivity index (χ0v) is 24.4. The fraction of sp³-hybridized carbons (Fsp3) is 0.633. The smallest absolute Gasteiger partial charge is 0.384 e. The topological polar surface area (TPSA) is 96.8 Å². The Balaban J connectivity index is 1.30. The number of piperidine rings is 1. The van der Waals surface area contributed by atoms with Gasteiger partial charge < -0.3 is 29.7 Å². The van der Waals surface area contributed by atoms with Gasteiger partial charge in [0.25, 0.3) is 5.91 Å². The van der Waals surface area contributed by atoms with E-state index in [2.05, 4.69) is 27.3 Å². The Morgan fingerprint density at radius 1 is 1.17 bits per heavy atom. The Morgan fingerprint density at radius 3 is 2.55 bits per heavy atom. The summed E-state index contributed by atoms with van der Waals surface area (Å²) in [6.07, 6.45) is 1.71. The molecule has 0 bridgehead atoms. The zero-order chi connectivity index (χ0) is 30.1.